The van der Waals surface area contributed by atoms with Gasteiger partial charge in [0.15, 0.2) is 0 Å². The van der Waals surface area contributed by atoms with Gasteiger partial charge in [-0.1, -0.05) is 29.3 Å². The van der Waals surface area contributed by atoms with Crippen LogP contribution in [0.1, 0.15) is 43.9 Å². The van der Waals surface area contributed by atoms with E-state index in [1.807, 2.05) is 0 Å². The van der Waals surface area contributed by atoms with E-state index in [4.69, 9.17) is 4.84 Å². The van der Waals surface area contributed by atoms with Crippen LogP contribution in [0.2, 0.25) is 0 Å². The van der Waals surface area contributed by atoms with Gasteiger partial charge in [-0.2, -0.15) is 0 Å². The Balaban J connectivity index is 1.59. The quantitative estimate of drug-likeness (QED) is 0.778. The van der Waals surface area contributed by atoms with Gasteiger partial charge in [0, 0.05) is 13.0 Å². The maximum atomic E-state index is 12.7. The van der Waals surface area contributed by atoms with Crippen LogP contribution in [0, 0.1) is 5.92 Å². The van der Waals surface area contributed by atoms with Crippen molar-refractivity contribution in [3.8, 4) is 0 Å². The molecule has 2 aromatic carbocycles. The van der Waals surface area contributed by atoms with Gasteiger partial charge in [0.25, 0.3) is 11.8 Å². The molecule has 1 heterocycles. The van der Waals surface area contributed by atoms with Crippen LogP contribution in [-0.4, -0.2) is 35.8 Å². The van der Waals surface area contributed by atoms with E-state index in [0.717, 1.165) is 12.8 Å². The van der Waals surface area contributed by atoms with Crippen LogP contribution in [-0.2, 0) is 9.63 Å². The minimum absolute atomic E-state index is 0.0182. The van der Waals surface area contributed by atoms with Crippen molar-refractivity contribution in [2.45, 2.75) is 12.8 Å². The molecule has 0 spiro atoms. The van der Waals surface area contributed by atoms with Crippen molar-refractivity contribution in [1.29, 1.82) is 0 Å². The molecule has 1 saturated carbocycles. The Morgan fingerprint density at radius 3 is 2.11 bits per heavy atom. The molecule has 0 unspecified atom stereocenters. The van der Waals surface area contributed by atoms with Crippen molar-refractivity contribution in [3.63, 3.8) is 0 Å². The van der Waals surface area contributed by atoms with Crippen LogP contribution in [0.5, 0.6) is 0 Å². The number of carbonyl (C=O) groups excluding carboxylic acids is 4. The first-order valence-corrected chi connectivity index (χ1v) is 8.55. The van der Waals surface area contributed by atoms with E-state index in [2.05, 4.69) is 0 Å². The van der Waals surface area contributed by atoms with E-state index in [1.165, 1.54) is 23.1 Å². The number of imide groups is 1. The Morgan fingerprint density at radius 2 is 1.52 bits per heavy atom. The number of nitrogens with zero attached hydrogens (tertiary/aromatic N) is 2. The van der Waals surface area contributed by atoms with Crippen molar-refractivity contribution >= 4 is 29.4 Å². The fourth-order valence-corrected chi connectivity index (χ4v) is 3.04. The summed E-state index contributed by atoms with van der Waals surface area (Å²) in [5, 5.41) is 0.465. The molecule has 3 amide bonds. The van der Waals surface area contributed by atoms with Crippen molar-refractivity contribution in [1.82, 2.24) is 5.06 Å². The Labute approximate surface area is 155 Å². The van der Waals surface area contributed by atoms with Crippen molar-refractivity contribution < 1.29 is 24.0 Å². The molecule has 136 valence electrons. The Hall–Kier alpha value is -3.48. The summed E-state index contributed by atoms with van der Waals surface area (Å²) in [5.41, 5.74) is 0.843. The normalized spacial score (nSPS) is 15.5. The summed E-state index contributed by atoms with van der Waals surface area (Å²) in [5.74, 6) is -2.35. The van der Waals surface area contributed by atoms with Crippen molar-refractivity contribution in [2.75, 3.05) is 11.9 Å². The molecule has 0 atom stereocenters. The molecule has 0 saturated heterocycles. The van der Waals surface area contributed by atoms with Gasteiger partial charge in [-0.25, -0.2) is 4.79 Å². The molecule has 0 N–H and O–H groups in total. The first-order chi connectivity index (χ1) is 13.0. The van der Waals surface area contributed by atoms with Gasteiger partial charge in [0.05, 0.1) is 22.4 Å². The van der Waals surface area contributed by atoms with Gasteiger partial charge in [-0.05, 0) is 37.1 Å². The number of fused-ring (bicyclic) bond motifs is 1. The summed E-state index contributed by atoms with van der Waals surface area (Å²) in [6, 6.07) is 12.7. The summed E-state index contributed by atoms with van der Waals surface area (Å²) < 4.78 is 0. The fraction of sp³-hybridized carbons (Fsp3) is 0.200. The van der Waals surface area contributed by atoms with Gasteiger partial charge in [-0.15, -0.1) is 0 Å². The fourth-order valence-electron chi connectivity index (χ4n) is 3.04. The highest BCUT2D eigenvalue weighted by Crippen LogP contribution is 2.33. The van der Waals surface area contributed by atoms with Crippen LogP contribution in [0.15, 0.2) is 48.5 Å². The van der Waals surface area contributed by atoms with E-state index < -0.39 is 17.8 Å². The number of anilines is 1. The minimum Gasteiger partial charge on any atom is -0.324 e. The molecule has 0 aromatic heterocycles. The van der Waals surface area contributed by atoms with Gasteiger partial charge in [0.1, 0.15) is 0 Å². The summed E-state index contributed by atoms with van der Waals surface area (Å²) in [6.07, 6.45) is 1.68. The van der Waals surface area contributed by atoms with E-state index in [9.17, 15) is 19.2 Å². The smallest absolute Gasteiger partial charge is 0.324 e. The molecule has 2 aromatic rings. The molecule has 1 fully saturated rings. The first-order valence-electron chi connectivity index (χ1n) is 8.55. The average molecular weight is 364 g/mol. The van der Waals surface area contributed by atoms with Crippen molar-refractivity contribution in [3.05, 3.63) is 65.2 Å². The van der Waals surface area contributed by atoms with Crippen LogP contribution in [0.3, 0.4) is 0 Å². The molecular weight excluding hydrogens is 348 g/mol. The first kappa shape index (κ1) is 17.0. The number of para-hydroxylation sites is 1. The largest absolute Gasteiger partial charge is 0.366 e. The molecule has 1 aliphatic carbocycles. The number of rotatable bonds is 4. The zero-order valence-electron chi connectivity index (χ0n) is 14.5. The Morgan fingerprint density at radius 1 is 0.963 bits per heavy atom. The average Bonchev–Trinajstić information content (AvgIpc) is 3.52. The second-order valence-corrected chi connectivity index (χ2v) is 6.52. The third-order valence-electron chi connectivity index (χ3n) is 4.67. The predicted octanol–water partition coefficient (Wildman–Crippen LogP) is 2.43. The van der Waals surface area contributed by atoms with Crippen molar-refractivity contribution in [2.24, 2.45) is 5.92 Å². The van der Waals surface area contributed by atoms with Crippen LogP contribution < -0.4 is 4.90 Å². The molecule has 27 heavy (non-hydrogen) atoms. The van der Waals surface area contributed by atoms with Crippen LogP contribution >= 0.6 is 0 Å². The Bertz CT molecular complexity index is 945. The molecule has 1 aliphatic heterocycles. The molecule has 0 bridgehead atoms. The van der Waals surface area contributed by atoms with Gasteiger partial charge < -0.3 is 9.74 Å². The van der Waals surface area contributed by atoms with E-state index >= 15 is 0 Å². The lowest BCUT2D eigenvalue weighted by Gasteiger charge is -2.21. The summed E-state index contributed by atoms with van der Waals surface area (Å²) in [6.45, 7) is 0. The molecule has 0 radical (unpaired) electrons. The van der Waals surface area contributed by atoms with Crippen LogP contribution in [0.4, 0.5) is 5.69 Å². The standard InChI is InChI=1S/C20H16N2O5/c1-21(17(23)12-10-11-12)16-9-5-4-8-15(16)20(26)27-22-18(24)13-6-2-3-7-14(13)19(22)25/h2-9,12H,10-11H2,1H3. The lowest BCUT2D eigenvalue weighted by molar-refractivity contribution is -0.119. The van der Waals surface area contributed by atoms with E-state index in [1.54, 1.807) is 37.4 Å². The topological polar surface area (TPSA) is 84.0 Å². The zero-order chi connectivity index (χ0) is 19.1. The molecular formula is C20H16N2O5. The third-order valence-corrected chi connectivity index (χ3v) is 4.67. The monoisotopic (exact) mass is 364 g/mol. The SMILES string of the molecule is CN(C(=O)C1CC1)c1ccccc1C(=O)ON1C(=O)c2ccccc2C1=O. The molecule has 2 aliphatic rings. The lowest BCUT2D eigenvalue weighted by Crippen LogP contribution is -2.34. The Kier molecular flexibility index (Phi) is 3.99. The zero-order valence-corrected chi connectivity index (χ0v) is 14.5. The molecule has 7 nitrogen and oxygen atoms in total. The summed E-state index contributed by atoms with van der Waals surface area (Å²) >= 11 is 0. The second-order valence-electron chi connectivity index (χ2n) is 6.52. The maximum absolute atomic E-state index is 12.7. The van der Waals surface area contributed by atoms with Gasteiger partial charge in [0.2, 0.25) is 5.91 Å². The van der Waals surface area contributed by atoms with Gasteiger partial charge >= 0.3 is 5.97 Å². The number of hydrogen-bond donors (Lipinski definition) is 0. The second kappa shape index (κ2) is 6.35. The van der Waals surface area contributed by atoms with E-state index in [-0.39, 0.29) is 28.5 Å². The van der Waals surface area contributed by atoms with E-state index in [0.29, 0.717) is 10.8 Å². The predicted molar refractivity (Wildman–Crippen MR) is 94.9 cm³/mol. The maximum Gasteiger partial charge on any atom is 0.366 e. The highest BCUT2D eigenvalue weighted by molar-refractivity contribution is 6.21. The summed E-state index contributed by atoms with van der Waals surface area (Å²) in [7, 11) is 1.59. The van der Waals surface area contributed by atoms with Crippen LogP contribution in [0.25, 0.3) is 0 Å². The third kappa shape index (κ3) is 2.87. The molecule has 4 rings (SSSR count). The number of benzene rings is 2. The molecule has 7 heteroatoms. The number of carbonyl (C=O) groups is 4. The highest BCUT2D eigenvalue weighted by Gasteiger charge is 2.39. The number of hydrogen-bond acceptors (Lipinski definition) is 5. The summed E-state index contributed by atoms with van der Waals surface area (Å²) in [4.78, 5) is 56.2. The minimum atomic E-state index is -0.879. The highest BCUT2D eigenvalue weighted by atomic mass is 16.7. The number of hydroxylamine groups is 2. The lowest BCUT2D eigenvalue weighted by atomic mass is 10.1. The number of amides is 3. The van der Waals surface area contributed by atoms with Gasteiger partial charge in [-0.3, -0.25) is 14.4 Å².